The molecule has 1 rings (SSSR count). The van der Waals surface area contributed by atoms with Gasteiger partial charge in [-0.05, 0) is 17.7 Å². The second kappa shape index (κ2) is 6.58. The molecule has 1 aromatic rings. The highest BCUT2D eigenvalue weighted by atomic mass is 16.6. The van der Waals surface area contributed by atoms with Crippen molar-refractivity contribution in [2.75, 3.05) is 0 Å². The molecule has 0 saturated carbocycles. The third-order valence-corrected chi connectivity index (χ3v) is 2.30. The Morgan fingerprint density at radius 3 is 2.33 bits per heavy atom. The molecule has 0 bridgehead atoms. The molecule has 1 N–H and O–H groups in total. The molecule has 0 fully saturated rings. The molecule has 0 aromatic heterocycles. The highest BCUT2D eigenvalue weighted by Gasteiger charge is 2.23. The number of hydrogen-bond donors (Lipinski definition) is 1. The summed E-state index contributed by atoms with van der Waals surface area (Å²) >= 11 is 0. The summed E-state index contributed by atoms with van der Waals surface area (Å²) in [5.74, 6) is -1.41. The first-order chi connectivity index (χ1) is 9.86. The lowest BCUT2D eigenvalue weighted by atomic mass is 10.1. The van der Waals surface area contributed by atoms with Crippen molar-refractivity contribution in [3.8, 4) is 6.07 Å². The summed E-state index contributed by atoms with van der Waals surface area (Å²) < 4.78 is 0. The van der Waals surface area contributed by atoms with Crippen LogP contribution in [0.4, 0.5) is 11.4 Å². The summed E-state index contributed by atoms with van der Waals surface area (Å²) in [6.07, 6.45) is 3.50. The van der Waals surface area contributed by atoms with Gasteiger partial charge in [0.05, 0.1) is 9.85 Å². The van der Waals surface area contributed by atoms with Gasteiger partial charge in [-0.3, -0.25) is 20.2 Å². The predicted octanol–water partition coefficient (Wildman–Crippen LogP) is 2.05. The van der Waals surface area contributed by atoms with E-state index in [0.29, 0.717) is 0 Å². The fourth-order valence-electron chi connectivity index (χ4n) is 1.36. The Hall–Kier alpha value is -3.54. The minimum absolute atomic E-state index is 0.256. The van der Waals surface area contributed by atoms with E-state index in [1.807, 2.05) is 0 Å². The zero-order chi connectivity index (χ0) is 16.0. The second-order valence-electron chi connectivity index (χ2n) is 3.62. The summed E-state index contributed by atoms with van der Waals surface area (Å²) in [5.41, 5.74) is -1.57. The standard InChI is InChI=1S/C12H7N3O6/c13-7-9(12(16)17)3-1-2-8-4-5-10(14(18)19)11(6-8)15(20)21/h1-6H,(H,16,17)/b2-1+,9-3+. The molecule has 21 heavy (non-hydrogen) atoms. The molecule has 0 saturated heterocycles. The van der Waals surface area contributed by atoms with Gasteiger partial charge in [0.1, 0.15) is 11.6 Å². The molecule has 0 radical (unpaired) electrons. The second-order valence-corrected chi connectivity index (χ2v) is 3.62. The Kier molecular flexibility index (Phi) is 4.86. The van der Waals surface area contributed by atoms with Crippen LogP contribution >= 0.6 is 0 Å². The number of nitriles is 1. The van der Waals surface area contributed by atoms with Crippen molar-refractivity contribution in [2.45, 2.75) is 0 Å². The molecule has 0 aliphatic heterocycles. The van der Waals surface area contributed by atoms with Crippen LogP contribution in [0.15, 0.2) is 35.9 Å². The summed E-state index contributed by atoms with van der Waals surface area (Å²) in [5, 5.41) is 38.5. The van der Waals surface area contributed by atoms with E-state index in [-0.39, 0.29) is 5.56 Å². The van der Waals surface area contributed by atoms with Crippen LogP contribution in [-0.4, -0.2) is 20.9 Å². The van der Waals surface area contributed by atoms with E-state index >= 15 is 0 Å². The third kappa shape index (κ3) is 3.97. The third-order valence-electron chi connectivity index (χ3n) is 2.30. The van der Waals surface area contributed by atoms with Crippen LogP contribution in [0.25, 0.3) is 6.08 Å². The number of nitro benzene ring substituents is 2. The van der Waals surface area contributed by atoms with Gasteiger partial charge in [-0.15, -0.1) is 0 Å². The highest BCUT2D eigenvalue weighted by Crippen LogP contribution is 2.27. The smallest absolute Gasteiger partial charge is 0.346 e. The van der Waals surface area contributed by atoms with Gasteiger partial charge in [-0.25, -0.2) is 4.79 Å². The SMILES string of the molecule is N#C/C(=C\C=C\c1ccc([N+](=O)[O-])c([N+](=O)[O-])c1)C(=O)O. The quantitative estimate of drug-likeness (QED) is 0.286. The molecular weight excluding hydrogens is 282 g/mol. The van der Waals surface area contributed by atoms with Gasteiger partial charge in [-0.1, -0.05) is 12.2 Å². The maximum absolute atomic E-state index is 10.7. The van der Waals surface area contributed by atoms with E-state index in [4.69, 9.17) is 10.4 Å². The highest BCUT2D eigenvalue weighted by molar-refractivity contribution is 5.91. The van der Waals surface area contributed by atoms with Crippen LogP contribution in [-0.2, 0) is 4.79 Å². The first-order valence-electron chi connectivity index (χ1n) is 5.31. The number of nitro groups is 2. The van der Waals surface area contributed by atoms with E-state index in [2.05, 4.69) is 0 Å². The minimum atomic E-state index is -1.41. The van der Waals surface area contributed by atoms with Crippen molar-refractivity contribution in [3.63, 3.8) is 0 Å². The maximum Gasteiger partial charge on any atom is 0.346 e. The molecule has 0 unspecified atom stereocenters. The van der Waals surface area contributed by atoms with Crippen LogP contribution < -0.4 is 0 Å². The molecule has 9 heteroatoms. The average Bonchev–Trinajstić information content (AvgIpc) is 2.42. The number of allylic oxidation sites excluding steroid dienone is 2. The zero-order valence-electron chi connectivity index (χ0n) is 10.3. The van der Waals surface area contributed by atoms with Gasteiger partial charge in [0.25, 0.3) is 0 Å². The number of nitrogens with zero attached hydrogens (tertiary/aromatic N) is 3. The number of aliphatic carboxylic acids is 1. The van der Waals surface area contributed by atoms with Crippen LogP contribution in [0.5, 0.6) is 0 Å². The number of carboxylic acid groups (broad SMARTS) is 1. The summed E-state index contributed by atoms with van der Waals surface area (Å²) in [6.45, 7) is 0. The van der Waals surface area contributed by atoms with Crippen molar-refractivity contribution >= 4 is 23.4 Å². The first-order valence-corrected chi connectivity index (χ1v) is 5.31. The average molecular weight is 289 g/mol. The van der Waals surface area contributed by atoms with Crippen LogP contribution in [0.2, 0.25) is 0 Å². The van der Waals surface area contributed by atoms with Gasteiger partial charge >= 0.3 is 17.3 Å². The molecular formula is C12H7N3O6. The lowest BCUT2D eigenvalue weighted by molar-refractivity contribution is -0.422. The monoisotopic (exact) mass is 289 g/mol. The van der Waals surface area contributed by atoms with Gasteiger partial charge in [0.15, 0.2) is 0 Å². The lowest BCUT2D eigenvalue weighted by Gasteiger charge is -1.96. The number of carboxylic acids is 1. The maximum atomic E-state index is 10.7. The van der Waals surface area contributed by atoms with Crippen molar-refractivity contribution in [3.05, 3.63) is 61.7 Å². The first kappa shape index (κ1) is 15.5. The van der Waals surface area contributed by atoms with E-state index in [1.54, 1.807) is 0 Å². The Labute approximate surface area is 117 Å². The Balaban J connectivity index is 3.15. The molecule has 0 heterocycles. The van der Waals surface area contributed by atoms with Crippen molar-refractivity contribution < 1.29 is 19.7 Å². The largest absolute Gasteiger partial charge is 0.477 e. The van der Waals surface area contributed by atoms with Crippen LogP contribution in [0.1, 0.15) is 5.56 Å². The predicted molar refractivity (Wildman–Crippen MR) is 70.1 cm³/mol. The minimum Gasteiger partial charge on any atom is -0.477 e. The van der Waals surface area contributed by atoms with E-state index in [9.17, 15) is 25.0 Å². The summed E-state index contributed by atoms with van der Waals surface area (Å²) in [7, 11) is 0. The van der Waals surface area contributed by atoms with Gasteiger partial charge in [0.2, 0.25) is 0 Å². The normalized spacial score (nSPS) is 11.1. The van der Waals surface area contributed by atoms with Crippen LogP contribution in [0.3, 0.4) is 0 Å². The zero-order valence-corrected chi connectivity index (χ0v) is 10.3. The van der Waals surface area contributed by atoms with E-state index < -0.39 is 32.8 Å². The fourth-order valence-corrected chi connectivity index (χ4v) is 1.36. The molecule has 9 nitrogen and oxygen atoms in total. The lowest BCUT2D eigenvalue weighted by Crippen LogP contribution is -1.97. The molecule has 0 atom stereocenters. The molecule has 0 amide bonds. The topological polar surface area (TPSA) is 147 Å². The molecule has 0 spiro atoms. The number of carbonyl (C=O) groups is 1. The Bertz CT molecular complexity index is 714. The van der Waals surface area contributed by atoms with Crippen molar-refractivity contribution in [1.29, 1.82) is 5.26 Å². The Morgan fingerprint density at radius 2 is 1.86 bits per heavy atom. The van der Waals surface area contributed by atoms with Crippen LogP contribution in [0, 0.1) is 31.6 Å². The summed E-state index contributed by atoms with van der Waals surface area (Å²) in [6, 6.07) is 4.68. The number of rotatable bonds is 5. The van der Waals surface area contributed by atoms with Gasteiger partial charge in [0, 0.05) is 12.1 Å². The molecule has 1 aromatic carbocycles. The van der Waals surface area contributed by atoms with Crippen molar-refractivity contribution in [2.24, 2.45) is 0 Å². The van der Waals surface area contributed by atoms with E-state index in [0.717, 1.165) is 18.2 Å². The van der Waals surface area contributed by atoms with Gasteiger partial charge in [-0.2, -0.15) is 5.26 Å². The number of benzene rings is 1. The van der Waals surface area contributed by atoms with Gasteiger partial charge < -0.3 is 5.11 Å². The molecule has 106 valence electrons. The van der Waals surface area contributed by atoms with E-state index in [1.165, 1.54) is 24.3 Å². The molecule has 0 aliphatic rings. The number of hydrogen-bond acceptors (Lipinski definition) is 6. The molecule has 0 aliphatic carbocycles. The summed E-state index contributed by atoms with van der Waals surface area (Å²) in [4.78, 5) is 30.2. The van der Waals surface area contributed by atoms with Crippen molar-refractivity contribution in [1.82, 2.24) is 0 Å². The fraction of sp³-hybridized carbons (Fsp3) is 0. The Morgan fingerprint density at radius 1 is 1.24 bits per heavy atom.